The SMILES string of the molecule is Nc1cccc2c1CCN(c1nccc3occc13)C2. The summed E-state index contributed by atoms with van der Waals surface area (Å²) < 4.78 is 5.45. The predicted octanol–water partition coefficient (Wildman–Crippen LogP) is 2.97. The number of pyridine rings is 1. The van der Waals surface area contributed by atoms with Gasteiger partial charge in [0.2, 0.25) is 0 Å². The van der Waals surface area contributed by atoms with Gasteiger partial charge < -0.3 is 15.1 Å². The summed E-state index contributed by atoms with van der Waals surface area (Å²) in [6.45, 7) is 1.77. The Morgan fingerprint density at radius 2 is 2.15 bits per heavy atom. The summed E-state index contributed by atoms with van der Waals surface area (Å²) in [7, 11) is 0. The van der Waals surface area contributed by atoms with Gasteiger partial charge in [-0.2, -0.15) is 0 Å². The van der Waals surface area contributed by atoms with Crippen molar-refractivity contribution in [2.24, 2.45) is 0 Å². The Bertz CT molecular complexity index is 778. The molecule has 0 atom stereocenters. The molecule has 0 spiro atoms. The lowest BCUT2D eigenvalue weighted by atomic mass is 9.98. The molecular weight excluding hydrogens is 250 g/mol. The highest BCUT2D eigenvalue weighted by Gasteiger charge is 2.20. The molecule has 4 rings (SSSR count). The zero-order valence-electron chi connectivity index (χ0n) is 11.0. The number of nitrogen functional groups attached to an aromatic ring is 1. The van der Waals surface area contributed by atoms with E-state index in [0.717, 1.165) is 42.0 Å². The normalized spacial score (nSPS) is 14.5. The molecule has 4 nitrogen and oxygen atoms in total. The molecule has 0 radical (unpaired) electrons. The second-order valence-corrected chi connectivity index (χ2v) is 5.12. The number of furan rings is 1. The van der Waals surface area contributed by atoms with Crippen LogP contribution in [0.1, 0.15) is 11.1 Å². The minimum atomic E-state index is 0.845. The van der Waals surface area contributed by atoms with Crippen LogP contribution in [-0.2, 0) is 13.0 Å². The van der Waals surface area contributed by atoms with Crippen molar-refractivity contribution < 1.29 is 4.42 Å². The lowest BCUT2D eigenvalue weighted by Gasteiger charge is -2.30. The van der Waals surface area contributed by atoms with Crippen molar-refractivity contribution in [3.05, 3.63) is 53.9 Å². The molecule has 1 aliphatic rings. The molecule has 100 valence electrons. The fourth-order valence-corrected chi connectivity index (χ4v) is 2.95. The third kappa shape index (κ3) is 1.65. The highest BCUT2D eigenvalue weighted by atomic mass is 16.3. The van der Waals surface area contributed by atoms with Gasteiger partial charge in [0.15, 0.2) is 0 Å². The van der Waals surface area contributed by atoms with E-state index >= 15 is 0 Å². The fourth-order valence-electron chi connectivity index (χ4n) is 2.95. The monoisotopic (exact) mass is 265 g/mol. The molecule has 3 heterocycles. The number of anilines is 2. The lowest BCUT2D eigenvalue weighted by molar-refractivity contribution is 0.615. The number of hydrogen-bond acceptors (Lipinski definition) is 4. The fraction of sp³-hybridized carbons (Fsp3) is 0.188. The van der Waals surface area contributed by atoms with Gasteiger partial charge in [-0.15, -0.1) is 0 Å². The van der Waals surface area contributed by atoms with Gasteiger partial charge in [0.1, 0.15) is 11.4 Å². The van der Waals surface area contributed by atoms with Crippen molar-refractivity contribution in [1.82, 2.24) is 4.98 Å². The van der Waals surface area contributed by atoms with Crippen LogP contribution in [-0.4, -0.2) is 11.5 Å². The molecular formula is C16H15N3O. The van der Waals surface area contributed by atoms with Crippen molar-refractivity contribution in [3.8, 4) is 0 Å². The molecule has 0 unspecified atom stereocenters. The van der Waals surface area contributed by atoms with Crippen LogP contribution in [0.15, 0.2) is 47.2 Å². The number of nitrogens with zero attached hydrogens (tertiary/aromatic N) is 2. The Morgan fingerprint density at radius 1 is 1.20 bits per heavy atom. The quantitative estimate of drug-likeness (QED) is 0.687. The third-order valence-corrected chi connectivity index (χ3v) is 3.96. The zero-order chi connectivity index (χ0) is 13.5. The van der Waals surface area contributed by atoms with Crippen LogP contribution in [0.2, 0.25) is 0 Å². The van der Waals surface area contributed by atoms with E-state index < -0.39 is 0 Å². The van der Waals surface area contributed by atoms with Gasteiger partial charge in [0, 0.05) is 25.0 Å². The Hall–Kier alpha value is -2.49. The minimum Gasteiger partial charge on any atom is -0.464 e. The van der Waals surface area contributed by atoms with E-state index in [1.54, 1.807) is 12.5 Å². The first kappa shape index (κ1) is 11.3. The summed E-state index contributed by atoms with van der Waals surface area (Å²) in [6, 6.07) is 10.0. The molecule has 0 fully saturated rings. The molecule has 0 bridgehead atoms. The average molecular weight is 265 g/mol. The number of benzene rings is 1. The second-order valence-electron chi connectivity index (χ2n) is 5.12. The van der Waals surface area contributed by atoms with Crippen LogP contribution in [0.5, 0.6) is 0 Å². The molecule has 3 aromatic rings. The van der Waals surface area contributed by atoms with E-state index in [9.17, 15) is 0 Å². The van der Waals surface area contributed by atoms with Crippen LogP contribution < -0.4 is 10.6 Å². The maximum atomic E-state index is 6.05. The van der Waals surface area contributed by atoms with E-state index in [1.807, 2.05) is 24.3 Å². The largest absolute Gasteiger partial charge is 0.464 e. The van der Waals surface area contributed by atoms with Crippen LogP contribution >= 0.6 is 0 Å². The number of fused-ring (bicyclic) bond motifs is 2. The highest BCUT2D eigenvalue weighted by molar-refractivity contribution is 5.88. The Labute approximate surface area is 116 Å². The Morgan fingerprint density at radius 3 is 3.10 bits per heavy atom. The van der Waals surface area contributed by atoms with E-state index in [4.69, 9.17) is 10.2 Å². The molecule has 2 aromatic heterocycles. The van der Waals surface area contributed by atoms with E-state index in [2.05, 4.69) is 16.0 Å². The first-order chi connectivity index (χ1) is 9.83. The van der Waals surface area contributed by atoms with E-state index in [0.29, 0.717) is 0 Å². The third-order valence-electron chi connectivity index (χ3n) is 3.96. The van der Waals surface area contributed by atoms with Crippen LogP contribution in [0.4, 0.5) is 11.5 Å². The molecule has 0 amide bonds. The zero-order valence-corrected chi connectivity index (χ0v) is 11.0. The van der Waals surface area contributed by atoms with E-state index in [1.165, 1.54) is 11.1 Å². The lowest BCUT2D eigenvalue weighted by Crippen LogP contribution is -2.31. The molecule has 0 aliphatic carbocycles. The summed E-state index contributed by atoms with van der Waals surface area (Å²) in [4.78, 5) is 6.82. The van der Waals surface area contributed by atoms with Gasteiger partial charge in [-0.05, 0) is 35.7 Å². The molecule has 20 heavy (non-hydrogen) atoms. The minimum absolute atomic E-state index is 0.845. The smallest absolute Gasteiger partial charge is 0.140 e. The van der Waals surface area contributed by atoms with Crippen molar-refractivity contribution in [3.63, 3.8) is 0 Å². The van der Waals surface area contributed by atoms with Gasteiger partial charge in [0.05, 0.1) is 11.6 Å². The van der Waals surface area contributed by atoms with Crippen molar-refractivity contribution >= 4 is 22.5 Å². The number of aromatic nitrogens is 1. The predicted molar refractivity (Wildman–Crippen MR) is 79.6 cm³/mol. The Balaban J connectivity index is 1.77. The number of rotatable bonds is 1. The van der Waals surface area contributed by atoms with Crippen molar-refractivity contribution in [1.29, 1.82) is 0 Å². The van der Waals surface area contributed by atoms with E-state index in [-0.39, 0.29) is 0 Å². The summed E-state index contributed by atoms with van der Waals surface area (Å²) in [5.74, 6) is 0.990. The van der Waals surface area contributed by atoms with Crippen LogP contribution in [0, 0.1) is 0 Å². The van der Waals surface area contributed by atoms with Gasteiger partial charge in [-0.3, -0.25) is 0 Å². The van der Waals surface area contributed by atoms with Crippen molar-refractivity contribution in [2.75, 3.05) is 17.2 Å². The molecule has 1 aromatic carbocycles. The summed E-state index contributed by atoms with van der Waals surface area (Å²) in [5, 5.41) is 1.07. The first-order valence-corrected chi connectivity index (χ1v) is 6.76. The number of hydrogen-bond donors (Lipinski definition) is 1. The van der Waals surface area contributed by atoms with Gasteiger partial charge >= 0.3 is 0 Å². The van der Waals surface area contributed by atoms with Gasteiger partial charge in [0.25, 0.3) is 0 Å². The summed E-state index contributed by atoms with van der Waals surface area (Å²) >= 11 is 0. The molecule has 0 saturated heterocycles. The van der Waals surface area contributed by atoms with Crippen molar-refractivity contribution in [2.45, 2.75) is 13.0 Å². The maximum Gasteiger partial charge on any atom is 0.140 e. The first-order valence-electron chi connectivity index (χ1n) is 6.76. The van der Waals surface area contributed by atoms with Crippen LogP contribution in [0.3, 0.4) is 0 Å². The second kappa shape index (κ2) is 4.27. The topological polar surface area (TPSA) is 55.3 Å². The summed E-state index contributed by atoms with van der Waals surface area (Å²) in [5.41, 5.74) is 10.4. The summed E-state index contributed by atoms with van der Waals surface area (Å²) in [6.07, 6.45) is 4.47. The molecule has 4 heteroatoms. The van der Waals surface area contributed by atoms with Gasteiger partial charge in [-0.25, -0.2) is 4.98 Å². The number of nitrogens with two attached hydrogens (primary N) is 1. The molecule has 2 N–H and O–H groups in total. The standard InChI is InChI=1S/C16H15N3O/c17-14-3-1-2-11-10-19(8-5-12(11)14)16-13-6-9-20-15(13)4-7-18-16/h1-4,6-7,9H,5,8,10,17H2. The van der Waals surface area contributed by atoms with Gasteiger partial charge in [-0.1, -0.05) is 12.1 Å². The molecule has 1 aliphatic heterocycles. The molecule has 0 saturated carbocycles. The highest BCUT2D eigenvalue weighted by Crippen LogP contribution is 2.31. The average Bonchev–Trinajstić information content (AvgIpc) is 2.95. The van der Waals surface area contributed by atoms with Crippen LogP contribution in [0.25, 0.3) is 11.0 Å². The Kier molecular flexibility index (Phi) is 2.42. The maximum absolute atomic E-state index is 6.05.